The van der Waals surface area contributed by atoms with Crippen LogP contribution in [-0.2, 0) is 11.2 Å². The number of fused-ring (bicyclic) bond motifs is 3. The third kappa shape index (κ3) is 2.15. The minimum Gasteiger partial charge on any atom is -0.460 e. The van der Waals surface area contributed by atoms with Gasteiger partial charge in [-0.1, -0.05) is 24.3 Å². The second-order valence-corrected chi connectivity index (χ2v) is 7.53. The standard InChI is InChI=1S/C20H19N3O2/c1-20(2)9-15(24)13-7-8-14-17(16(13)23-20)22-19(21-14)18-12-6-4-3-5-11(12)10-25-18/h3-6,10,23H,7-9H2,1-2H3,(H,21,22). The minimum absolute atomic E-state index is 0.234. The molecule has 3 heterocycles. The molecule has 5 heteroatoms. The van der Waals surface area contributed by atoms with Gasteiger partial charge in [0.1, 0.15) is 5.69 Å². The van der Waals surface area contributed by atoms with Crippen LogP contribution in [0.5, 0.6) is 0 Å². The van der Waals surface area contributed by atoms with Gasteiger partial charge >= 0.3 is 0 Å². The van der Waals surface area contributed by atoms with Crippen molar-refractivity contribution < 1.29 is 9.21 Å². The summed E-state index contributed by atoms with van der Waals surface area (Å²) in [7, 11) is 0. The van der Waals surface area contributed by atoms with E-state index in [0.717, 1.165) is 57.9 Å². The fraction of sp³-hybridized carbons (Fsp3) is 0.300. The maximum Gasteiger partial charge on any atom is 0.177 e. The number of aromatic nitrogens is 2. The number of rotatable bonds is 1. The van der Waals surface area contributed by atoms with Crippen LogP contribution in [0.1, 0.15) is 38.1 Å². The van der Waals surface area contributed by atoms with E-state index in [9.17, 15) is 4.79 Å². The highest BCUT2D eigenvalue weighted by molar-refractivity contribution is 6.05. The van der Waals surface area contributed by atoms with Crippen LogP contribution in [0.2, 0.25) is 0 Å². The number of carbonyl (C=O) groups is 1. The Labute approximate surface area is 145 Å². The molecule has 5 nitrogen and oxygen atoms in total. The molecule has 1 aliphatic carbocycles. The van der Waals surface area contributed by atoms with Gasteiger partial charge in [0.25, 0.3) is 0 Å². The molecule has 3 aromatic rings. The van der Waals surface area contributed by atoms with Crippen molar-refractivity contribution in [3.8, 4) is 11.6 Å². The lowest BCUT2D eigenvalue weighted by Crippen LogP contribution is -2.45. The van der Waals surface area contributed by atoms with Gasteiger partial charge < -0.3 is 14.7 Å². The number of aromatic amines is 1. The van der Waals surface area contributed by atoms with E-state index in [2.05, 4.69) is 24.1 Å². The topological polar surface area (TPSA) is 70.9 Å². The molecule has 0 saturated carbocycles. The molecule has 25 heavy (non-hydrogen) atoms. The normalized spacial score (nSPS) is 18.9. The van der Waals surface area contributed by atoms with Gasteiger partial charge in [-0.25, -0.2) is 4.98 Å². The van der Waals surface area contributed by atoms with Crippen molar-refractivity contribution in [2.45, 2.75) is 38.6 Å². The Bertz CT molecular complexity index is 1050. The van der Waals surface area contributed by atoms with E-state index in [1.165, 1.54) is 0 Å². The summed E-state index contributed by atoms with van der Waals surface area (Å²) >= 11 is 0. The zero-order valence-corrected chi connectivity index (χ0v) is 14.3. The van der Waals surface area contributed by atoms with Crippen LogP contribution in [0.3, 0.4) is 0 Å². The van der Waals surface area contributed by atoms with Crippen molar-refractivity contribution in [2.24, 2.45) is 0 Å². The van der Waals surface area contributed by atoms with Crippen molar-refractivity contribution in [1.29, 1.82) is 0 Å². The number of imidazole rings is 1. The first-order chi connectivity index (χ1) is 12.0. The summed E-state index contributed by atoms with van der Waals surface area (Å²) in [5.41, 5.74) is 3.45. The zero-order chi connectivity index (χ0) is 17.2. The van der Waals surface area contributed by atoms with Crippen LogP contribution in [0, 0.1) is 0 Å². The first kappa shape index (κ1) is 14.5. The summed E-state index contributed by atoms with van der Waals surface area (Å²) in [6, 6.07) is 8.04. The smallest absolute Gasteiger partial charge is 0.177 e. The van der Waals surface area contributed by atoms with Crippen molar-refractivity contribution in [2.75, 3.05) is 0 Å². The van der Waals surface area contributed by atoms with Gasteiger partial charge in [0.15, 0.2) is 17.4 Å². The Morgan fingerprint density at radius 1 is 1.20 bits per heavy atom. The van der Waals surface area contributed by atoms with Crippen molar-refractivity contribution >= 4 is 22.3 Å². The highest BCUT2D eigenvalue weighted by atomic mass is 16.3. The molecule has 0 radical (unpaired) electrons. The number of nitrogens with one attached hydrogen (secondary N) is 2. The number of carbonyl (C=O) groups excluding carboxylic acids is 1. The van der Waals surface area contributed by atoms with Crippen molar-refractivity contribution in [3.05, 3.63) is 47.5 Å². The Balaban J connectivity index is 1.66. The number of allylic oxidation sites excluding steroid dienone is 1. The van der Waals surface area contributed by atoms with Crippen molar-refractivity contribution in [3.63, 3.8) is 0 Å². The largest absolute Gasteiger partial charge is 0.460 e. The van der Waals surface area contributed by atoms with Gasteiger partial charge in [-0.15, -0.1) is 0 Å². The third-order valence-electron chi connectivity index (χ3n) is 5.07. The molecule has 0 spiro atoms. The molecule has 0 unspecified atom stereocenters. The van der Waals surface area contributed by atoms with Gasteiger partial charge in [0.2, 0.25) is 0 Å². The van der Waals surface area contributed by atoms with E-state index in [4.69, 9.17) is 9.40 Å². The Hall–Kier alpha value is -2.82. The molecular weight excluding hydrogens is 314 g/mol. The predicted octanol–water partition coefficient (Wildman–Crippen LogP) is 3.82. The number of benzene rings is 1. The molecule has 5 rings (SSSR count). The SMILES string of the molecule is CC1(C)CC(=O)C2=C(N1)c1nc(-c3occ4ccccc34)[nH]c1CC2. The second-order valence-electron chi connectivity index (χ2n) is 7.53. The highest BCUT2D eigenvalue weighted by Gasteiger charge is 2.36. The summed E-state index contributed by atoms with van der Waals surface area (Å²) in [6.45, 7) is 4.10. The van der Waals surface area contributed by atoms with Crippen molar-refractivity contribution in [1.82, 2.24) is 15.3 Å². The molecule has 0 fully saturated rings. The maximum absolute atomic E-state index is 12.5. The van der Waals surface area contributed by atoms with Crippen LogP contribution >= 0.6 is 0 Å². The molecule has 126 valence electrons. The van der Waals surface area contributed by atoms with E-state index in [1.54, 1.807) is 6.26 Å². The first-order valence-electron chi connectivity index (χ1n) is 8.62. The summed E-state index contributed by atoms with van der Waals surface area (Å²) in [4.78, 5) is 20.7. The van der Waals surface area contributed by atoms with Crippen LogP contribution in [0.25, 0.3) is 28.1 Å². The number of hydrogen-bond donors (Lipinski definition) is 2. The van der Waals surface area contributed by atoms with E-state index in [1.807, 2.05) is 24.3 Å². The number of ketones is 1. The zero-order valence-electron chi connectivity index (χ0n) is 14.3. The summed E-state index contributed by atoms with van der Waals surface area (Å²) in [5.74, 6) is 1.70. The average molecular weight is 333 g/mol. The number of nitrogens with zero attached hydrogens (tertiary/aromatic N) is 1. The number of hydrogen-bond acceptors (Lipinski definition) is 4. The quantitative estimate of drug-likeness (QED) is 0.710. The van der Waals surface area contributed by atoms with E-state index < -0.39 is 0 Å². The van der Waals surface area contributed by atoms with Gasteiger partial charge in [0, 0.05) is 34.0 Å². The van der Waals surface area contributed by atoms with E-state index in [-0.39, 0.29) is 11.3 Å². The fourth-order valence-electron chi connectivity index (χ4n) is 3.90. The predicted molar refractivity (Wildman–Crippen MR) is 95.9 cm³/mol. The highest BCUT2D eigenvalue weighted by Crippen LogP contribution is 2.37. The van der Waals surface area contributed by atoms with Crippen LogP contribution in [0.15, 0.2) is 40.5 Å². The lowest BCUT2D eigenvalue weighted by molar-refractivity contribution is -0.117. The summed E-state index contributed by atoms with van der Waals surface area (Å²) < 4.78 is 5.78. The van der Waals surface area contributed by atoms with Crippen LogP contribution < -0.4 is 5.32 Å². The lowest BCUT2D eigenvalue weighted by Gasteiger charge is -2.36. The molecule has 2 N–H and O–H groups in total. The van der Waals surface area contributed by atoms with Gasteiger partial charge in [-0.05, 0) is 26.7 Å². The molecule has 1 aliphatic heterocycles. The molecule has 1 aromatic carbocycles. The average Bonchev–Trinajstić information content (AvgIpc) is 3.17. The van der Waals surface area contributed by atoms with Gasteiger partial charge in [0.05, 0.1) is 12.0 Å². The van der Waals surface area contributed by atoms with Gasteiger partial charge in [-0.3, -0.25) is 4.79 Å². The first-order valence-corrected chi connectivity index (χ1v) is 8.62. The summed E-state index contributed by atoms with van der Waals surface area (Å²) in [6.07, 6.45) is 3.84. The minimum atomic E-state index is -0.249. The molecular formula is C20H19N3O2. The molecule has 0 bridgehead atoms. The van der Waals surface area contributed by atoms with Crippen LogP contribution in [-0.4, -0.2) is 21.3 Å². The monoisotopic (exact) mass is 333 g/mol. The maximum atomic E-state index is 12.5. The number of Topliss-reactive ketones (excluding diaryl/α,β-unsaturated/α-hetero) is 1. The third-order valence-corrected chi connectivity index (χ3v) is 5.07. The molecule has 0 atom stereocenters. The Morgan fingerprint density at radius 2 is 2.04 bits per heavy atom. The molecule has 2 aromatic heterocycles. The molecule has 0 amide bonds. The number of aryl methyl sites for hydroxylation is 1. The van der Waals surface area contributed by atoms with Gasteiger partial charge in [-0.2, -0.15) is 0 Å². The number of H-pyrrole nitrogens is 1. The second kappa shape index (κ2) is 4.85. The summed E-state index contributed by atoms with van der Waals surface area (Å²) in [5, 5.41) is 5.62. The fourth-order valence-corrected chi connectivity index (χ4v) is 3.90. The Kier molecular flexibility index (Phi) is 2.82. The molecule has 2 aliphatic rings. The lowest BCUT2D eigenvalue weighted by atomic mass is 9.83. The number of furan rings is 1. The Morgan fingerprint density at radius 3 is 2.92 bits per heavy atom. The molecule has 0 saturated heterocycles. The van der Waals surface area contributed by atoms with E-state index >= 15 is 0 Å². The van der Waals surface area contributed by atoms with E-state index in [0.29, 0.717) is 6.42 Å². The van der Waals surface area contributed by atoms with Crippen LogP contribution in [0.4, 0.5) is 0 Å².